The molecule has 2 aromatic rings. The van der Waals surface area contributed by atoms with Gasteiger partial charge in [-0.05, 0) is 44.4 Å². The Morgan fingerprint density at radius 1 is 0.627 bits per heavy atom. The summed E-state index contributed by atoms with van der Waals surface area (Å²) in [5, 5.41) is 0. The lowest BCUT2D eigenvalue weighted by Gasteiger charge is -2.22. The number of allylic oxidation sites excluding steroid dienone is 4. The SMILES string of the molecule is CCCCCCCCCCCCCCCN1/C(=C/C=C/C2=[N+](CCCCCCCCCCCCCCC)c3ccccc3C2(C)C)C(C)c2ccccc21.[O-][Cl+3]([O-])([O-])O. The molecule has 0 fully saturated rings. The van der Waals surface area contributed by atoms with E-state index in [2.05, 4.69) is 111 Å². The zero-order valence-electron chi connectivity index (χ0n) is 38.2. The zero-order chi connectivity index (χ0) is 42.8. The van der Waals surface area contributed by atoms with Gasteiger partial charge in [0.2, 0.25) is 5.69 Å². The van der Waals surface area contributed by atoms with Crippen molar-refractivity contribution in [1.82, 2.24) is 0 Å². The Morgan fingerprint density at radius 2 is 1.05 bits per heavy atom. The fourth-order valence-corrected chi connectivity index (χ4v) is 9.31. The summed E-state index contributed by atoms with van der Waals surface area (Å²) < 4.78 is 35.4. The number of hydrogen-bond donors (Lipinski definition) is 1. The maximum Gasteiger partial charge on any atom is 0.209 e. The van der Waals surface area contributed by atoms with Crippen molar-refractivity contribution in [2.75, 3.05) is 18.0 Å². The lowest BCUT2D eigenvalue weighted by Crippen LogP contribution is -2.58. The van der Waals surface area contributed by atoms with Gasteiger partial charge in [-0.2, -0.15) is 18.6 Å². The first-order valence-corrected chi connectivity index (χ1v) is 25.4. The van der Waals surface area contributed by atoms with Crippen LogP contribution in [0.5, 0.6) is 0 Å². The quantitative estimate of drug-likeness (QED) is 0.0624. The van der Waals surface area contributed by atoms with Crippen LogP contribution in [0.25, 0.3) is 0 Å². The molecular weight excluding hydrogens is 752 g/mol. The number of rotatable bonds is 30. The largest absolute Gasteiger partial charge is 0.344 e. The number of para-hydroxylation sites is 2. The minimum atomic E-state index is -4.69. The molecule has 0 aliphatic carbocycles. The Hall–Kier alpha value is -2.48. The van der Waals surface area contributed by atoms with Crippen LogP contribution in [0.2, 0.25) is 0 Å². The maximum absolute atomic E-state index is 8.60. The van der Waals surface area contributed by atoms with Crippen LogP contribution in [0.1, 0.15) is 219 Å². The van der Waals surface area contributed by atoms with Crippen LogP contribution in [-0.4, -0.2) is 28.0 Å². The lowest BCUT2D eigenvalue weighted by atomic mass is 9.81. The Bertz CT molecular complexity index is 1520. The average Bonchev–Trinajstić information content (AvgIpc) is 3.59. The van der Waals surface area contributed by atoms with Crippen molar-refractivity contribution >= 4 is 17.1 Å². The van der Waals surface area contributed by atoms with Gasteiger partial charge in [-0.3, -0.25) is 0 Å². The van der Waals surface area contributed by atoms with E-state index in [1.807, 2.05) is 0 Å². The van der Waals surface area contributed by atoms with E-state index in [9.17, 15) is 0 Å². The molecule has 0 radical (unpaired) electrons. The zero-order valence-corrected chi connectivity index (χ0v) is 38.9. The van der Waals surface area contributed by atoms with E-state index >= 15 is 0 Å². The number of nitrogens with zero attached hydrogens (tertiary/aromatic N) is 2. The summed E-state index contributed by atoms with van der Waals surface area (Å²) in [6.45, 7) is 14.1. The molecule has 1 atom stereocenters. The fourth-order valence-electron chi connectivity index (χ4n) is 9.31. The second-order valence-corrected chi connectivity index (χ2v) is 18.7. The molecule has 6 nitrogen and oxygen atoms in total. The van der Waals surface area contributed by atoms with E-state index in [0.717, 1.165) is 13.1 Å². The molecule has 332 valence electrons. The van der Waals surface area contributed by atoms with Crippen LogP contribution >= 0.6 is 0 Å². The van der Waals surface area contributed by atoms with Crippen LogP contribution in [0.15, 0.2) is 72.5 Å². The average molecular weight is 837 g/mol. The van der Waals surface area contributed by atoms with Crippen molar-refractivity contribution in [3.05, 3.63) is 83.6 Å². The molecule has 0 spiro atoms. The molecule has 7 heteroatoms. The Kier molecular flexibility index (Phi) is 25.0. The van der Waals surface area contributed by atoms with Gasteiger partial charge in [-0.15, -0.1) is 0 Å². The normalized spacial score (nSPS) is 16.6. The van der Waals surface area contributed by atoms with Gasteiger partial charge in [0, 0.05) is 48.0 Å². The molecule has 2 aliphatic rings. The Labute approximate surface area is 363 Å². The summed E-state index contributed by atoms with van der Waals surface area (Å²) >= 11 is 0. The highest BCUT2D eigenvalue weighted by atomic mass is 35.7. The van der Waals surface area contributed by atoms with Gasteiger partial charge in [0.05, 0.1) is 20.3 Å². The summed E-state index contributed by atoms with van der Waals surface area (Å²) in [4.78, 5) is 2.65. The van der Waals surface area contributed by atoms with Crippen LogP contribution < -0.4 is 18.9 Å². The topological polar surface area (TPSA) is 95.7 Å². The number of benzene rings is 2. The standard InChI is InChI=1S/C52H83N2.ClHO4/c1-6-8-10-12-14-16-18-20-22-24-26-28-34-43-53-48(45(3)46-37-30-32-39-49(46)53)41-36-42-51-52(4,5)47-38-31-33-40-50(47)54(51)44-35-29-27-25-23-21-19-17-15-13-11-9-7-2;2-1(3,4)5/h30-33,36-42,45H,6-29,34-35,43-44H2,1-5H3;(H,2,3,4,5)/q+1;. The van der Waals surface area contributed by atoms with Gasteiger partial charge in [0.15, 0.2) is 5.71 Å². The molecule has 2 aromatic carbocycles. The van der Waals surface area contributed by atoms with Crippen LogP contribution in [0.4, 0.5) is 11.4 Å². The highest BCUT2D eigenvalue weighted by molar-refractivity contribution is 6.03. The molecule has 0 saturated carbocycles. The second kappa shape index (κ2) is 28.9. The second-order valence-electron chi connectivity index (χ2n) is 17.9. The highest BCUT2D eigenvalue weighted by Gasteiger charge is 2.43. The number of anilines is 1. The minimum absolute atomic E-state index is 0.000710. The van der Waals surface area contributed by atoms with Gasteiger partial charge in [-0.25, -0.2) is 0 Å². The van der Waals surface area contributed by atoms with E-state index < -0.39 is 10.2 Å². The fraction of sp³-hybridized carbons (Fsp3) is 0.673. The van der Waals surface area contributed by atoms with Gasteiger partial charge >= 0.3 is 0 Å². The van der Waals surface area contributed by atoms with Crippen molar-refractivity contribution in [2.24, 2.45) is 0 Å². The van der Waals surface area contributed by atoms with Gasteiger partial charge in [0.25, 0.3) is 0 Å². The van der Waals surface area contributed by atoms with Crippen molar-refractivity contribution < 1.29 is 33.5 Å². The molecule has 0 amide bonds. The van der Waals surface area contributed by atoms with E-state index in [1.165, 1.54) is 201 Å². The Balaban J connectivity index is 0.00000175. The molecule has 0 saturated heterocycles. The van der Waals surface area contributed by atoms with Crippen molar-refractivity contribution in [1.29, 1.82) is 0 Å². The molecule has 2 aliphatic heterocycles. The van der Waals surface area contributed by atoms with Crippen LogP contribution in [0.3, 0.4) is 0 Å². The monoisotopic (exact) mass is 836 g/mol. The number of unbranched alkanes of at least 4 members (excludes halogenated alkanes) is 24. The van der Waals surface area contributed by atoms with E-state index in [-0.39, 0.29) is 5.41 Å². The van der Waals surface area contributed by atoms with Crippen LogP contribution in [0, 0.1) is 10.2 Å². The predicted octanol–water partition coefficient (Wildman–Crippen LogP) is 12.2. The molecule has 0 bridgehead atoms. The van der Waals surface area contributed by atoms with E-state index in [1.54, 1.807) is 0 Å². The molecule has 1 N–H and O–H groups in total. The number of halogens is 1. The summed E-state index contributed by atoms with van der Waals surface area (Å²) in [6, 6.07) is 18.3. The summed E-state index contributed by atoms with van der Waals surface area (Å²) in [6.07, 6.45) is 43.7. The highest BCUT2D eigenvalue weighted by Crippen LogP contribution is 2.44. The minimum Gasteiger partial charge on any atom is -0.344 e. The smallest absolute Gasteiger partial charge is 0.209 e. The first-order chi connectivity index (χ1) is 28.5. The predicted molar refractivity (Wildman–Crippen MR) is 242 cm³/mol. The van der Waals surface area contributed by atoms with Crippen molar-refractivity contribution in [3.8, 4) is 0 Å². The summed E-state index contributed by atoms with van der Waals surface area (Å²) in [7, 11) is -4.69. The van der Waals surface area contributed by atoms with E-state index in [4.69, 9.17) is 18.6 Å². The summed E-state index contributed by atoms with van der Waals surface area (Å²) in [5.41, 5.74) is 8.71. The first-order valence-electron chi connectivity index (χ1n) is 24.1. The molecule has 4 rings (SSSR count). The first kappa shape index (κ1) is 50.9. The molecule has 1 unspecified atom stereocenters. The molecule has 2 heterocycles. The van der Waals surface area contributed by atoms with Gasteiger partial charge in [-0.1, -0.05) is 211 Å². The molecule has 59 heavy (non-hydrogen) atoms. The van der Waals surface area contributed by atoms with E-state index in [0.29, 0.717) is 5.92 Å². The lowest BCUT2D eigenvalue weighted by molar-refractivity contribution is -1.92. The number of hydrogen-bond acceptors (Lipinski definition) is 5. The van der Waals surface area contributed by atoms with Gasteiger partial charge < -0.3 is 4.90 Å². The molecule has 0 aromatic heterocycles. The van der Waals surface area contributed by atoms with Crippen molar-refractivity contribution in [2.45, 2.75) is 213 Å². The summed E-state index contributed by atoms with van der Waals surface area (Å²) in [5.74, 6) is 0.425. The third kappa shape index (κ3) is 19.0. The number of fused-ring (bicyclic) bond motifs is 2. The van der Waals surface area contributed by atoms with Gasteiger partial charge in [0.1, 0.15) is 6.54 Å². The maximum atomic E-state index is 8.60. The Morgan fingerprint density at radius 3 is 1.56 bits per heavy atom. The molecular formula is C52H84ClN2O4+. The third-order valence-corrected chi connectivity index (χ3v) is 12.7. The third-order valence-electron chi connectivity index (χ3n) is 12.7. The van der Waals surface area contributed by atoms with Crippen molar-refractivity contribution in [3.63, 3.8) is 0 Å². The van der Waals surface area contributed by atoms with Crippen LogP contribution in [-0.2, 0) is 5.41 Å².